The molecule has 1 atom stereocenters. The lowest BCUT2D eigenvalue weighted by atomic mass is 10.2. The van der Waals surface area contributed by atoms with Gasteiger partial charge in [0.25, 0.3) is 5.91 Å². The van der Waals surface area contributed by atoms with Crippen molar-refractivity contribution in [3.63, 3.8) is 0 Å². The number of nitrogens with zero attached hydrogens (tertiary/aromatic N) is 2. The highest BCUT2D eigenvalue weighted by Crippen LogP contribution is 2.00. The predicted octanol–water partition coefficient (Wildman–Crippen LogP) is -0.545. The zero-order valence-electron chi connectivity index (χ0n) is 8.93. The molecule has 0 aromatic carbocycles. The zero-order valence-corrected chi connectivity index (χ0v) is 8.93. The average Bonchev–Trinajstić information content (AvgIpc) is 2.69. The molecule has 15 heavy (non-hydrogen) atoms. The second kappa shape index (κ2) is 5.47. The van der Waals surface area contributed by atoms with E-state index in [2.05, 4.69) is 10.2 Å². The lowest BCUT2D eigenvalue weighted by molar-refractivity contribution is 0.0764. The third kappa shape index (κ3) is 3.34. The number of aromatic nitrogens is 2. The molecule has 0 spiro atoms. The predicted molar refractivity (Wildman–Crippen MR) is 55.4 cm³/mol. The number of carbonyl (C=O) groups is 1. The molecule has 1 aromatic rings. The third-order valence-electron chi connectivity index (χ3n) is 1.98. The van der Waals surface area contributed by atoms with Crippen LogP contribution in [0, 0.1) is 0 Å². The maximum atomic E-state index is 11.7. The number of carbonyl (C=O) groups excluding carboxylic acids is 1. The summed E-state index contributed by atoms with van der Waals surface area (Å²) in [7, 11) is 3.28. The Kier molecular flexibility index (Phi) is 4.26. The number of ether oxygens (including phenoxy) is 1. The van der Waals surface area contributed by atoms with Gasteiger partial charge in [0, 0.05) is 32.9 Å². The first-order valence-corrected chi connectivity index (χ1v) is 4.64. The normalized spacial score (nSPS) is 12.5. The van der Waals surface area contributed by atoms with Gasteiger partial charge in [-0.15, -0.1) is 0 Å². The van der Waals surface area contributed by atoms with Crippen molar-refractivity contribution in [1.82, 2.24) is 15.1 Å². The maximum absolute atomic E-state index is 11.7. The number of hydrogen-bond acceptors (Lipinski definition) is 4. The standard InChI is InChI=1S/C9H16N4O2/c1-13(5-8(10)6-15-2)9(14)7-3-11-12-4-7/h3-4,8H,5-6,10H2,1-2H3,(H,11,12). The molecule has 0 fully saturated rings. The van der Waals surface area contributed by atoms with Crippen LogP contribution in [-0.4, -0.2) is 54.4 Å². The zero-order chi connectivity index (χ0) is 11.3. The summed E-state index contributed by atoms with van der Waals surface area (Å²) in [5.74, 6) is -0.102. The number of nitrogens with one attached hydrogen (secondary N) is 1. The Labute approximate surface area is 88.4 Å². The second-order valence-electron chi connectivity index (χ2n) is 3.39. The Morgan fingerprint density at radius 1 is 1.80 bits per heavy atom. The van der Waals surface area contributed by atoms with E-state index in [4.69, 9.17) is 10.5 Å². The van der Waals surface area contributed by atoms with E-state index in [9.17, 15) is 4.79 Å². The molecule has 0 radical (unpaired) electrons. The van der Waals surface area contributed by atoms with Crippen molar-refractivity contribution in [3.05, 3.63) is 18.0 Å². The highest BCUT2D eigenvalue weighted by atomic mass is 16.5. The van der Waals surface area contributed by atoms with Gasteiger partial charge in [0.05, 0.1) is 18.4 Å². The van der Waals surface area contributed by atoms with Crippen LogP contribution in [0.25, 0.3) is 0 Å². The van der Waals surface area contributed by atoms with Crippen LogP contribution in [0.5, 0.6) is 0 Å². The van der Waals surface area contributed by atoms with Crippen molar-refractivity contribution in [2.24, 2.45) is 5.73 Å². The van der Waals surface area contributed by atoms with Crippen LogP contribution in [0.3, 0.4) is 0 Å². The van der Waals surface area contributed by atoms with Crippen molar-refractivity contribution >= 4 is 5.91 Å². The lowest BCUT2D eigenvalue weighted by Gasteiger charge is -2.20. The van der Waals surface area contributed by atoms with Crippen molar-refractivity contribution < 1.29 is 9.53 Å². The molecule has 0 aliphatic heterocycles. The number of hydrogen-bond donors (Lipinski definition) is 2. The molecule has 1 heterocycles. The fourth-order valence-electron chi connectivity index (χ4n) is 1.29. The van der Waals surface area contributed by atoms with Crippen LogP contribution >= 0.6 is 0 Å². The van der Waals surface area contributed by atoms with Gasteiger partial charge < -0.3 is 15.4 Å². The Morgan fingerprint density at radius 2 is 2.53 bits per heavy atom. The van der Waals surface area contributed by atoms with E-state index in [0.717, 1.165) is 0 Å². The average molecular weight is 212 g/mol. The second-order valence-corrected chi connectivity index (χ2v) is 3.39. The largest absolute Gasteiger partial charge is 0.383 e. The third-order valence-corrected chi connectivity index (χ3v) is 1.98. The van der Waals surface area contributed by atoms with Crippen LogP contribution in [0.1, 0.15) is 10.4 Å². The molecule has 1 rings (SSSR count). The summed E-state index contributed by atoms with van der Waals surface area (Å²) in [6, 6.07) is -0.171. The van der Waals surface area contributed by atoms with Gasteiger partial charge in [-0.1, -0.05) is 0 Å². The molecule has 0 saturated heterocycles. The van der Waals surface area contributed by atoms with Crippen LogP contribution < -0.4 is 5.73 Å². The number of methoxy groups -OCH3 is 1. The van der Waals surface area contributed by atoms with E-state index in [-0.39, 0.29) is 11.9 Å². The van der Waals surface area contributed by atoms with Crippen molar-refractivity contribution in [1.29, 1.82) is 0 Å². The SMILES string of the molecule is COCC(N)CN(C)C(=O)c1cn[nH]c1. The number of aromatic amines is 1. The monoisotopic (exact) mass is 212 g/mol. The number of H-pyrrole nitrogens is 1. The summed E-state index contributed by atoms with van der Waals surface area (Å²) in [5, 5.41) is 6.30. The Bertz CT molecular complexity index is 299. The van der Waals surface area contributed by atoms with E-state index in [0.29, 0.717) is 18.7 Å². The minimum absolute atomic E-state index is 0.102. The van der Waals surface area contributed by atoms with Gasteiger partial charge in [-0.3, -0.25) is 9.89 Å². The number of amides is 1. The van der Waals surface area contributed by atoms with Crippen molar-refractivity contribution in [3.8, 4) is 0 Å². The molecule has 0 saturated carbocycles. The molecule has 1 unspecified atom stereocenters. The molecule has 3 N–H and O–H groups in total. The molecule has 0 aliphatic carbocycles. The van der Waals surface area contributed by atoms with Crippen LogP contribution in [-0.2, 0) is 4.74 Å². The van der Waals surface area contributed by atoms with Gasteiger partial charge in [0.2, 0.25) is 0 Å². The quantitative estimate of drug-likeness (QED) is 0.686. The molecule has 1 aromatic heterocycles. The Balaban J connectivity index is 2.47. The summed E-state index contributed by atoms with van der Waals surface area (Å²) < 4.78 is 4.89. The maximum Gasteiger partial charge on any atom is 0.256 e. The van der Waals surface area contributed by atoms with Gasteiger partial charge in [-0.05, 0) is 0 Å². The van der Waals surface area contributed by atoms with Crippen LogP contribution in [0.4, 0.5) is 0 Å². The fraction of sp³-hybridized carbons (Fsp3) is 0.556. The molecule has 1 amide bonds. The number of rotatable bonds is 5. The smallest absolute Gasteiger partial charge is 0.256 e. The van der Waals surface area contributed by atoms with Gasteiger partial charge in [0.15, 0.2) is 0 Å². The lowest BCUT2D eigenvalue weighted by Crippen LogP contribution is -2.41. The van der Waals surface area contributed by atoms with E-state index in [1.807, 2.05) is 0 Å². The van der Waals surface area contributed by atoms with Crippen LogP contribution in [0.2, 0.25) is 0 Å². The van der Waals surface area contributed by atoms with Crippen molar-refractivity contribution in [2.45, 2.75) is 6.04 Å². The summed E-state index contributed by atoms with van der Waals surface area (Å²) in [6.45, 7) is 0.890. The molecule has 84 valence electrons. The molecular weight excluding hydrogens is 196 g/mol. The minimum Gasteiger partial charge on any atom is -0.383 e. The van der Waals surface area contributed by atoms with E-state index in [1.165, 1.54) is 6.20 Å². The highest BCUT2D eigenvalue weighted by molar-refractivity contribution is 5.93. The molecular formula is C9H16N4O2. The first-order valence-electron chi connectivity index (χ1n) is 4.64. The number of nitrogens with two attached hydrogens (primary N) is 1. The first-order chi connectivity index (χ1) is 7.15. The Morgan fingerprint density at radius 3 is 3.07 bits per heavy atom. The minimum atomic E-state index is -0.171. The topological polar surface area (TPSA) is 84.2 Å². The van der Waals surface area contributed by atoms with Crippen molar-refractivity contribution in [2.75, 3.05) is 27.3 Å². The fourth-order valence-corrected chi connectivity index (χ4v) is 1.29. The van der Waals surface area contributed by atoms with Crippen LogP contribution in [0.15, 0.2) is 12.4 Å². The van der Waals surface area contributed by atoms with Gasteiger partial charge in [0.1, 0.15) is 0 Å². The van der Waals surface area contributed by atoms with E-state index < -0.39 is 0 Å². The number of likely N-dealkylation sites (N-methyl/N-ethyl adjacent to an activating group) is 1. The molecule has 0 aliphatic rings. The molecule has 6 nitrogen and oxygen atoms in total. The summed E-state index contributed by atoms with van der Waals surface area (Å²) in [6.07, 6.45) is 3.04. The summed E-state index contributed by atoms with van der Waals surface area (Å²) in [5.41, 5.74) is 6.26. The van der Waals surface area contributed by atoms with E-state index in [1.54, 1.807) is 25.3 Å². The van der Waals surface area contributed by atoms with Gasteiger partial charge in [-0.25, -0.2) is 0 Å². The van der Waals surface area contributed by atoms with Gasteiger partial charge in [-0.2, -0.15) is 5.10 Å². The summed E-state index contributed by atoms with van der Waals surface area (Å²) in [4.78, 5) is 13.3. The molecule has 6 heteroatoms. The van der Waals surface area contributed by atoms with E-state index >= 15 is 0 Å². The summed E-state index contributed by atoms with van der Waals surface area (Å²) >= 11 is 0. The van der Waals surface area contributed by atoms with Gasteiger partial charge >= 0.3 is 0 Å². The Hall–Kier alpha value is -1.40. The molecule has 0 bridgehead atoms. The first kappa shape index (κ1) is 11.7. The highest BCUT2D eigenvalue weighted by Gasteiger charge is 2.15.